The molecule has 0 bridgehead atoms. The second-order valence-corrected chi connectivity index (χ2v) is 4.88. The fourth-order valence-electron chi connectivity index (χ4n) is 2.35. The van der Waals surface area contributed by atoms with Crippen LogP contribution in [-0.2, 0) is 0 Å². The standard InChI is InChI=1S/C13H18FN3O2/c1-9-7-12(13(17(18)19)8-11(9)14)16-6-4-10-3-2-5-15-10/h7-8,10,15-16H,2-6H2,1H3/t10-/m0/s1. The van der Waals surface area contributed by atoms with Crippen LogP contribution in [0.25, 0.3) is 0 Å². The fourth-order valence-corrected chi connectivity index (χ4v) is 2.35. The number of rotatable bonds is 5. The van der Waals surface area contributed by atoms with E-state index in [9.17, 15) is 14.5 Å². The van der Waals surface area contributed by atoms with Gasteiger partial charge in [-0.15, -0.1) is 0 Å². The van der Waals surface area contributed by atoms with Crippen LogP contribution in [0.1, 0.15) is 24.8 Å². The van der Waals surface area contributed by atoms with Crippen molar-refractivity contribution in [1.29, 1.82) is 0 Å². The Hall–Kier alpha value is -1.69. The number of benzene rings is 1. The molecular formula is C13H18FN3O2. The number of aryl methyl sites for hydroxylation is 1. The second-order valence-electron chi connectivity index (χ2n) is 4.88. The van der Waals surface area contributed by atoms with Crippen LogP contribution >= 0.6 is 0 Å². The zero-order chi connectivity index (χ0) is 13.8. The Bertz CT molecular complexity index is 473. The van der Waals surface area contributed by atoms with Gasteiger partial charge in [0.05, 0.1) is 11.0 Å². The molecule has 1 aliphatic heterocycles. The van der Waals surface area contributed by atoms with Crippen LogP contribution in [-0.4, -0.2) is 24.1 Å². The number of nitrogens with zero attached hydrogens (tertiary/aromatic N) is 1. The maximum absolute atomic E-state index is 13.3. The maximum Gasteiger partial charge on any atom is 0.295 e. The predicted molar refractivity (Wildman–Crippen MR) is 71.9 cm³/mol. The van der Waals surface area contributed by atoms with Crippen LogP contribution in [0.3, 0.4) is 0 Å². The van der Waals surface area contributed by atoms with Gasteiger partial charge in [-0.25, -0.2) is 4.39 Å². The average Bonchev–Trinajstić information content (AvgIpc) is 2.86. The van der Waals surface area contributed by atoms with E-state index in [0.29, 0.717) is 23.8 Å². The summed E-state index contributed by atoms with van der Waals surface area (Å²) in [5, 5.41) is 17.3. The molecule has 2 rings (SSSR count). The number of nitro groups is 1. The molecule has 6 heteroatoms. The average molecular weight is 267 g/mol. The van der Waals surface area contributed by atoms with Gasteiger partial charge in [0.1, 0.15) is 11.5 Å². The van der Waals surface area contributed by atoms with Crippen LogP contribution in [0.15, 0.2) is 12.1 Å². The van der Waals surface area contributed by atoms with Crippen molar-refractivity contribution in [3.05, 3.63) is 33.6 Å². The van der Waals surface area contributed by atoms with E-state index in [1.54, 1.807) is 6.92 Å². The third-order valence-electron chi connectivity index (χ3n) is 3.44. The SMILES string of the molecule is Cc1cc(NCC[C@@H]2CCCN2)c([N+](=O)[O-])cc1F. The quantitative estimate of drug-likeness (QED) is 0.635. The zero-order valence-electron chi connectivity index (χ0n) is 10.9. The summed E-state index contributed by atoms with van der Waals surface area (Å²) in [6, 6.07) is 2.95. The highest BCUT2D eigenvalue weighted by molar-refractivity contribution is 5.63. The van der Waals surface area contributed by atoms with Crippen LogP contribution in [0.4, 0.5) is 15.8 Å². The highest BCUT2D eigenvalue weighted by atomic mass is 19.1. The lowest BCUT2D eigenvalue weighted by atomic mass is 10.1. The summed E-state index contributed by atoms with van der Waals surface area (Å²) in [5.41, 5.74) is 0.594. The molecule has 5 nitrogen and oxygen atoms in total. The molecule has 1 aromatic rings. The van der Waals surface area contributed by atoms with Crippen molar-refractivity contribution in [2.75, 3.05) is 18.4 Å². The lowest BCUT2D eigenvalue weighted by molar-refractivity contribution is -0.384. The summed E-state index contributed by atoms with van der Waals surface area (Å²) in [5.74, 6) is -0.547. The van der Waals surface area contributed by atoms with Gasteiger partial charge in [0.15, 0.2) is 0 Å². The molecule has 2 N–H and O–H groups in total. The molecule has 1 fully saturated rings. The first-order chi connectivity index (χ1) is 9.08. The van der Waals surface area contributed by atoms with E-state index < -0.39 is 10.7 Å². The first-order valence-corrected chi connectivity index (χ1v) is 6.49. The maximum atomic E-state index is 13.3. The van der Waals surface area contributed by atoms with Gasteiger partial charge in [-0.1, -0.05) is 0 Å². The Morgan fingerprint density at radius 1 is 1.58 bits per heavy atom. The van der Waals surface area contributed by atoms with E-state index in [1.165, 1.54) is 12.5 Å². The van der Waals surface area contributed by atoms with Gasteiger partial charge < -0.3 is 10.6 Å². The van der Waals surface area contributed by atoms with Crippen molar-refractivity contribution < 1.29 is 9.31 Å². The molecule has 104 valence electrons. The summed E-state index contributed by atoms with van der Waals surface area (Å²) in [7, 11) is 0. The molecule has 19 heavy (non-hydrogen) atoms. The lowest BCUT2D eigenvalue weighted by Crippen LogP contribution is -2.24. The molecule has 0 saturated carbocycles. The van der Waals surface area contributed by atoms with Gasteiger partial charge >= 0.3 is 0 Å². The largest absolute Gasteiger partial charge is 0.379 e. The molecule has 0 spiro atoms. The summed E-state index contributed by atoms with van der Waals surface area (Å²) in [4.78, 5) is 10.3. The molecule has 0 radical (unpaired) electrons. The molecule has 1 atom stereocenters. The molecule has 1 saturated heterocycles. The van der Waals surface area contributed by atoms with E-state index in [4.69, 9.17) is 0 Å². The van der Waals surface area contributed by atoms with Crippen LogP contribution in [0.2, 0.25) is 0 Å². The van der Waals surface area contributed by atoms with E-state index >= 15 is 0 Å². The minimum atomic E-state index is -0.557. The number of hydrogen-bond acceptors (Lipinski definition) is 4. The minimum absolute atomic E-state index is 0.206. The van der Waals surface area contributed by atoms with Crippen molar-refractivity contribution in [3.8, 4) is 0 Å². The summed E-state index contributed by atoms with van der Waals surface area (Å²) < 4.78 is 13.3. The number of anilines is 1. The molecule has 0 aromatic heterocycles. The fraction of sp³-hybridized carbons (Fsp3) is 0.538. The van der Waals surface area contributed by atoms with Crippen molar-refractivity contribution in [2.24, 2.45) is 0 Å². The normalized spacial score (nSPS) is 18.5. The molecule has 0 unspecified atom stereocenters. The van der Waals surface area contributed by atoms with Crippen molar-refractivity contribution in [2.45, 2.75) is 32.2 Å². The highest BCUT2D eigenvalue weighted by Gasteiger charge is 2.18. The third-order valence-corrected chi connectivity index (χ3v) is 3.44. The first-order valence-electron chi connectivity index (χ1n) is 6.49. The predicted octanol–water partition coefficient (Wildman–Crippen LogP) is 2.60. The van der Waals surface area contributed by atoms with E-state index in [2.05, 4.69) is 10.6 Å². The summed E-state index contributed by atoms with van der Waals surface area (Å²) in [6.45, 7) is 3.28. The highest BCUT2D eigenvalue weighted by Crippen LogP contribution is 2.27. The Labute approximate surface area is 111 Å². The lowest BCUT2D eigenvalue weighted by Gasteiger charge is -2.12. The van der Waals surface area contributed by atoms with Gasteiger partial charge in [-0.2, -0.15) is 0 Å². The zero-order valence-corrected chi connectivity index (χ0v) is 10.9. The van der Waals surface area contributed by atoms with Gasteiger partial charge in [0.2, 0.25) is 0 Å². The number of nitrogens with one attached hydrogen (secondary N) is 2. The molecule has 0 aliphatic carbocycles. The minimum Gasteiger partial charge on any atom is -0.379 e. The molecule has 0 amide bonds. The summed E-state index contributed by atoms with van der Waals surface area (Å²) >= 11 is 0. The molecule has 1 aliphatic rings. The van der Waals surface area contributed by atoms with Crippen molar-refractivity contribution >= 4 is 11.4 Å². The number of hydrogen-bond donors (Lipinski definition) is 2. The van der Waals surface area contributed by atoms with Gasteiger partial charge in [0, 0.05) is 12.6 Å². The van der Waals surface area contributed by atoms with Crippen LogP contribution < -0.4 is 10.6 Å². The number of nitro benzene ring substituents is 1. The molecule has 1 heterocycles. The smallest absolute Gasteiger partial charge is 0.295 e. The second kappa shape index (κ2) is 5.97. The monoisotopic (exact) mass is 267 g/mol. The van der Waals surface area contributed by atoms with E-state index in [-0.39, 0.29) is 5.69 Å². The van der Waals surface area contributed by atoms with Crippen molar-refractivity contribution in [1.82, 2.24) is 5.32 Å². The van der Waals surface area contributed by atoms with Gasteiger partial charge in [-0.05, 0) is 44.4 Å². The van der Waals surface area contributed by atoms with Gasteiger partial charge in [0.25, 0.3) is 5.69 Å². The Morgan fingerprint density at radius 2 is 2.37 bits per heavy atom. The van der Waals surface area contributed by atoms with Crippen molar-refractivity contribution in [3.63, 3.8) is 0 Å². The van der Waals surface area contributed by atoms with E-state index in [1.807, 2.05) is 0 Å². The first kappa shape index (κ1) is 13.7. The van der Waals surface area contributed by atoms with Crippen LogP contribution in [0, 0.1) is 22.9 Å². The molecule has 1 aromatic carbocycles. The summed E-state index contributed by atoms with van der Waals surface area (Å²) in [6.07, 6.45) is 3.24. The topological polar surface area (TPSA) is 67.2 Å². The molecular weight excluding hydrogens is 249 g/mol. The van der Waals surface area contributed by atoms with Crippen LogP contribution in [0.5, 0.6) is 0 Å². The van der Waals surface area contributed by atoms with E-state index in [0.717, 1.165) is 25.5 Å². The van der Waals surface area contributed by atoms with Gasteiger partial charge in [-0.3, -0.25) is 10.1 Å². The third kappa shape index (κ3) is 3.41. The number of halogens is 1. The Morgan fingerprint density at radius 3 is 3.00 bits per heavy atom. The Kier molecular flexibility index (Phi) is 4.31. The Balaban J connectivity index is 2.01.